The molecule has 8 nitrogen and oxygen atoms in total. The number of carbonyl (C=O) groups is 1. The van der Waals surface area contributed by atoms with Gasteiger partial charge in [0.25, 0.3) is 0 Å². The molecular formula is C58H54N4O4S. The van der Waals surface area contributed by atoms with E-state index in [1.807, 2.05) is 84.9 Å². The molecule has 0 radical (unpaired) electrons. The van der Waals surface area contributed by atoms with Gasteiger partial charge in [0.15, 0.2) is 0 Å². The van der Waals surface area contributed by atoms with Crippen molar-refractivity contribution in [2.24, 2.45) is 0 Å². The molecule has 0 aliphatic carbocycles. The Kier molecular flexibility index (Phi) is 15.5. The van der Waals surface area contributed by atoms with E-state index in [0.29, 0.717) is 18.8 Å². The number of carboxylic acid groups (broad SMARTS) is 1. The maximum atomic E-state index is 11.6. The average Bonchev–Trinajstić information content (AvgIpc) is 3.75. The number of nitrogens with zero attached hydrogens (tertiary/aromatic N) is 4. The predicted molar refractivity (Wildman–Crippen MR) is 274 cm³/mol. The first kappa shape index (κ1) is 46.0. The zero-order valence-corrected chi connectivity index (χ0v) is 38.8. The third-order valence-electron chi connectivity index (χ3n) is 11.6. The van der Waals surface area contributed by atoms with Crippen LogP contribution in [-0.2, 0) is 4.79 Å². The quantitative estimate of drug-likeness (QED) is 0.0431. The first-order valence-electron chi connectivity index (χ1n) is 23.2. The van der Waals surface area contributed by atoms with Crippen LogP contribution in [0.25, 0.3) is 60.5 Å². The van der Waals surface area contributed by atoms with Crippen molar-refractivity contribution in [1.29, 1.82) is 5.26 Å². The van der Waals surface area contributed by atoms with Crippen molar-refractivity contribution in [2.45, 2.75) is 65.2 Å². The van der Waals surface area contributed by atoms with E-state index in [1.165, 1.54) is 44.6 Å². The summed E-state index contributed by atoms with van der Waals surface area (Å²) >= 11 is 1.62. The number of thiophene rings is 1. The van der Waals surface area contributed by atoms with Crippen LogP contribution in [0.15, 0.2) is 163 Å². The fourth-order valence-electron chi connectivity index (χ4n) is 8.01. The number of carboxylic acids is 1. The van der Waals surface area contributed by atoms with Gasteiger partial charge in [0, 0.05) is 28.2 Å². The minimum absolute atomic E-state index is 0.330. The van der Waals surface area contributed by atoms with Crippen LogP contribution in [0.4, 0.5) is 17.1 Å². The molecule has 2 aromatic heterocycles. The van der Waals surface area contributed by atoms with Gasteiger partial charge < -0.3 is 19.5 Å². The van der Waals surface area contributed by atoms with E-state index < -0.39 is 5.97 Å². The Morgan fingerprint density at radius 1 is 0.567 bits per heavy atom. The fraction of sp³-hybridized carbons (Fsp3) is 0.207. The van der Waals surface area contributed by atoms with Gasteiger partial charge in [0.2, 0.25) is 0 Å². The summed E-state index contributed by atoms with van der Waals surface area (Å²) in [6.45, 7) is 5.84. The summed E-state index contributed by atoms with van der Waals surface area (Å²) in [7, 11) is 0. The van der Waals surface area contributed by atoms with Gasteiger partial charge >= 0.3 is 5.97 Å². The number of nitriles is 1. The molecule has 0 spiro atoms. The lowest BCUT2D eigenvalue weighted by Crippen LogP contribution is -2.10. The Morgan fingerprint density at radius 2 is 0.985 bits per heavy atom. The van der Waals surface area contributed by atoms with Crippen LogP contribution in [-0.4, -0.2) is 34.3 Å². The monoisotopic (exact) mass is 902 g/mol. The lowest BCUT2D eigenvalue weighted by atomic mass is 10.0. The summed E-state index contributed by atoms with van der Waals surface area (Å²) in [5.41, 5.74) is 10.2. The molecule has 0 bridgehead atoms. The Morgan fingerprint density at radius 3 is 1.39 bits per heavy atom. The molecule has 0 unspecified atom stereocenters. The SMILES string of the molecule is CCCCCCOc1ccc(N(c2ccc(OCCCCCC)cc2)c2ccc(-c3sc(-c4ccc(/C=C(/C#N)C(=O)O)cc4)c4nc(-c5ccccc5)c(-c5ccccc5)nc34)cc2)cc1. The van der Waals surface area contributed by atoms with Crippen LogP contribution in [0.2, 0.25) is 0 Å². The molecule has 9 heteroatoms. The molecule has 8 aromatic rings. The molecular weight excluding hydrogens is 849 g/mol. The van der Waals surface area contributed by atoms with E-state index in [4.69, 9.17) is 19.4 Å². The summed E-state index contributed by atoms with van der Waals surface area (Å²) in [5, 5.41) is 18.9. The standard InChI is InChI=1S/C58H54N4O4S/c1-3-5-7-15-37-65-50-33-29-48(30-34-50)62(49-31-35-51(36-32-49)66-38-16-8-6-4-2)47-27-25-45(26-28-47)57-55-54(56(67-57)44-23-21-41(22-24-44)39-46(40-59)58(63)64)60-52(42-17-11-9-12-18-42)53(61-55)43-19-13-10-14-20-43/h9-14,17-36,39H,3-8,15-16,37-38H2,1-2H3,(H,63,64)/b46-39-. The second-order valence-corrected chi connectivity index (χ2v) is 17.4. The van der Waals surface area contributed by atoms with Crippen molar-refractivity contribution in [3.05, 3.63) is 169 Å². The van der Waals surface area contributed by atoms with Crippen molar-refractivity contribution < 1.29 is 19.4 Å². The summed E-state index contributed by atoms with van der Waals surface area (Å²) in [5.74, 6) is 0.444. The maximum absolute atomic E-state index is 11.6. The minimum atomic E-state index is -1.26. The molecule has 0 saturated heterocycles. The topological polar surface area (TPSA) is 109 Å². The van der Waals surface area contributed by atoms with E-state index in [2.05, 4.69) is 91.5 Å². The molecule has 1 N–H and O–H groups in total. The van der Waals surface area contributed by atoms with E-state index in [9.17, 15) is 15.2 Å². The Hall–Kier alpha value is -7.54. The molecule has 0 aliphatic rings. The highest BCUT2D eigenvalue weighted by Gasteiger charge is 2.23. The number of hydrogen-bond acceptors (Lipinski definition) is 8. The predicted octanol–water partition coefficient (Wildman–Crippen LogP) is 15.7. The Balaban J connectivity index is 1.20. The normalized spacial score (nSPS) is 11.3. The first-order valence-corrected chi connectivity index (χ1v) is 24.0. The molecule has 336 valence electrons. The number of aliphatic carboxylic acids is 1. The number of fused-ring (bicyclic) bond motifs is 1. The zero-order chi connectivity index (χ0) is 46.4. The van der Waals surface area contributed by atoms with Crippen molar-refractivity contribution in [1.82, 2.24) is 9.97 Å². The summed E-state index contributed by atoms with van der Waals surface area (Å²) in [4.78, 5) is 26.7. The highest BCUT2D eigenvalue weighted by atomic mass is 32.1. The number of aromatic nitrogens is 2. The maximum Gasteiger partial charge on any atom is 0.346 e. The van der Waals surface area contributed by atoms with Crippen LogP contribution in [0.1, 0.15) is 70.8 Å². The molecule has 6 aromatic carbocycles. The number of rotatable bonds is 21. The summed E-state index contributed by atoms with van der Waals surface area (Å²) < 4.78 is 12.3. The van der Waals surface area contributed by atoms with Crippen LogP contribution in [0.3, 0.4) is 0 Å². The third-order valence-corrected chi connectivity index (χ3v) is 12.8. The van der Waals surface area contributed by atoms with Gasteiger partial charge in [-0.2, -0.15) is 5.26 Å². The van der Waals surface area contributed by atoms with Gasteiger partial charge in [-0.3, -0.25) is 0 Å². The lowest BCUT2D eigenvalue weighted by Gasteiger charge is -2.26. The molecule has 67 heavy (non-hydrogen) atoms. The molecule has 0 aliphatic heterocycles. The van der Waals surface area contributed by atoms with Gasteiger partial charge in [-0.15, -0.1) is 11.3 Å². The lowest BCUT2D eigenvalue weighted by molar-refractivity contribution is -0.132. The van der Waals surface area contributed by atoms with Crippen molar-refractivity contribution >= 4 is 51.5 Å². The average molecular weight is 903 g/mol. The van der Waals surface area contributed by atoms with Crippen molar-refractivity contribution in [3.8, 4) is 61.0 Å². The molecule has 0 atom stereocenters. The number of ether oxygens (including phenoxy) is 2. The second-order valence-electron chi connectivity index (χ2n) is 16.4. The molecule has 8 rings (SSSR count). The van der Waals surface area contributed by atoms with Gasteiger partial charge in [-0.25, -0.2) is 14.8 Å². The highest BCUT2D eigenvalue weighted by Crippen LogP contribution is 2.46. The van der Waals surface area contributed by atoms with Crippen LogP contribution in [0, 0.1) is 11.3 Å². The highest BCUT2D eigenvalue weighted by molar-refractivity contribution is 7.20. The van der Waals surface area contributed by atoms with Gasteiger partial charge in [0.1, 0.15) is 34.2 Å². The molecule has 0 amide bonds. The smallest absolute Gasteiger partial charge is 0.346 e. The number of hydrogen-bond donors (Lipinski definition) is 1. The number of unbranched alkanes of at least 4 members (excludes halogenated alkanes) is 6. The van der Waals surface area contributed by atoms with Crippen molar-refractivity contribution in [2.75, 3.05) is 18.1 Å². The van der Waals surface area contributed by atoms with Gasteiger partial charge in [0.05, 0.1) is 34.4 Å². The molecule has 2 heterocycles. The Bertz CT molecular complexity index is 2890. The van der Waals surface area contributed by atoms with Crippen LogP contribution in [0.5, 0.6) is 11.5 Å². The number of anilines is 3. The van der Waals surface area contributed by atoms with E-state index >= 15 is 0 Å². The minimum Gasteiger partial charge on any atom is -0.494 e. The van der Waals surface area contributed by atoms with E-state index in [-0.39, 0.29) is 5.57 Å². The van der Waals surface area contributed by atoms with Gasteiger partial charge in [-0.05, 0) is 96.3 Å². The fourth-order valence-corrected chi connectivity index (χ4v) is 9.20. The molecule has 0 fully saturated rings. The van der Waals surface area contributed by atoms with E-state index in [1.54, 1.807) is 17.4 Å². The van der Waals surface area contributed by atoms with Crippen molar-refractivity contribution in [3.63, 3.8) is 0 Å². The van der Waals surface area contributed by atoms with Gasteiger partial charge in [-0.1, -0.05) is 149 Å². The largest absolute Gasteiger partial charge is 0.494 e. The zero-order valence-electron chi connectivity index (χ0n) is 38.0. The first-order chi connectivity index (χ1) is 32.9. The number of benzene rings is 6. The van der Waals surface area contributed by atoms with E-state index in [0.717, 1.165) is 95.8 Å². The van der Waals surface area contributed by atoms with Crippen LogP contribution < -0.4 is 14.4 Å². The molecule has 0 saturated carbocycles. The summed E-state index contributed by atoms with van der Waals surface area (Å²) in [6.07, 6.45) is 10.6. The second kappa shape index (κ2) is 22.6. The van der Waals surface area contributed by atoms with Crippen LogP contribution >= 0.6 is 11.3 Å². The Labute approximate surface area is 397 Å². The summed E-state index contributed by atoms with van der Waals surface area (Å²) in [6, 6.07) is 54.8. The third kappa shape index (κ3) is 11.3.